The maximum Gasteiger partial charge on any atom is 0.0429 e. The lowest BCUT2D eigenvalue weighted by Gasteiger charge is -2.43. The minimum Gasteiger partial charge on any atom is -0.297 e. The molecule has 0 bridgehead atoms. The third kappa shape index (κ3) is 3.78. The largest absolute Gasteiger partial charge is 0.297 e. The maximum absolute atomic E-state index is 5.86. The Labute approximate surface area is 122 Å². The Kier molecular flexibility index (Phi) is 5.52. The van der Waals surface area contributed by atoms with E-state index in [4.69, 9.17) is 5.84 Å². The molecule has 1 saturated heterocycles. The van der Waals surface area contributed by atoms with Crippen LogP contribution >= 0.6 is 0 Å². The summed E-state index contributed by atoms with van der Waals surface area (Å²) < 4.78 is 0. The second kappa shape index (κ2) is 7.16. The summed E-state index contributed by atoms with van der Waals surface area (Å²) in [4.78, 5) is 6.68. The zero-order valence-electron chi connectivity index (χ0n) is 12.8. The first kappa shape index (κ1) is 15.4. The fourth-order valence-corrected chi connectivity index (χ4v) is 3.13. The number of nitrogens with two attached hydrogens (primary N) is 1. The summed E-state index contributed by atoms with van der Waals surface area (Å²) in [5.41, 5.74) is 4.39. The summed E-state index contributed by atoms with van der Waals surface area (Å²) in [6.45, 7) is 6.98. The van der Waals surface area contributed by atoms with Crippen molar-refractivity contribution in [3.05, 3.63) is 30.1 Å². The SMILES string of the molecule is CC(C)(C(Cc1ccncc1)NN)N1CCCCCC1. The van der Waals surface area contributed by atoms with Crippen molar-refractivity contribution in [1.29, 1.82) is 0 Å². The van der Waals surface area contributed by atoms with Crippen LogP contribution in [0.1, 0.15) is 45.1 Å². The van der Waals surface area contributed by atoms with Gasteiger partial charge in [-0.3, -0.25) is 21.2 Å². The van der Waals surface area contributed by atoms with Crippen molar-refractivity contribution in [2.75, 3.05) is 13.1 Å². The molecule has 0 amide bonds. The molecule has 0 saturated carbocycles. The average Bonchev–Trinajstić information content (AvgIpc) is 2.75. The Balaban J connectivity index is 2.07. The summed E-state index contributed by atoms with van der Waals surface area (Å²) in [5.74, 6) is 5.86. The molecule has 2 rings (SSSR count). The van der Waals surface area contributed by atoms with Crippen LogP contribution in [0.4, 0.5) is 0 Å². The molecule has 1 fully saturated rings. The van der Waals surface area contributed by atoms with Gasteiger partial charge in [0.05, 0.1) is 0 Å². The van der Waals surface area contributed by atoms with Crippen molar-refractivity contribution in [2.45, 2.75) is 57.5 Å². The van der Waals surface area contributed by atoms with E-state index in [1.54, 1.807) is 0 Å². The topological polar surface area (TPSA) is 54.2 Å². The monoisotopic (exact) mass is 276 g/mol. The van der Waals surface area contributed by atoms with Crippen LogP contribution in [0, 0.1) is 0 Å². The molecular formula is C16H28N4. The van der Waals surface area contributed by atoms with Crippen molar-refractivity contribution in [2.24, 2.45) is 5.84 Å². The van der Waals surface area contributed by atoms with Gasteiger partial charge >= 0.3 is 0 Å². The molecule has 3 N–H and O–H groups in total. The first-order chi connectivity index (χ1) is 9.64. The standard InChI is InChI=1S/C16H28N4/c1-16(2,20-11-5-3-4-6-12-20)15(19-17)13-14-7-9-18-10-8-14/h7-10,15,19H,3-6,11-13,17H2,1-2H3. The zero-order chi connectivity index (χ0) is 14.4. The van der Waals surface area contributed by atoms with Crippen molar-refractivity contribution >= 4 is 0 Å². The highest BCUT2D eigenvalue weighted by Gasteiger charge is 2.34. The predicted molar refractivity (Wildman–Crippen MR) is 83.2 cm³/mol. The Bertz CT molecular complexity index is 383. The van der Waals surface area contributed by atoms with Gasteiger partial charge in [0.2, 0.25) is 0 Å². The Morgan fingerprint density at radius 3 is 2.35 bits per heavy atom. The molecule has 0 radical (unpaired) electrons. The van der Waals surface area contributed by atoms with Gasteiger partial charge in [-0.1, -0.05) is 12.8 Å². The first-order valence-electron chi connectivity index (χ1n) is 7.74. The van der Waals surface area contributed by atoms with Crippen LogP contribution in [-0.4, -0.2) is 34.6 Å². The number of hydrogen-bond donors (Lipinski definition) is 2. The van der Waals surface area contributed by atoms with Gasteiger partial charge in [0.1, 0.15) is 0 Å². The summed E-state index contributed by atoms with van der Waals surface area (Å²) in [6.07, 6.45) is 9.95. The molecule has 0 aromatic carbocycles. The van der Waals surface area contributed by atoms with Crippen molar-refractivity contribution in [1.82, 2.24) is 15.3 Å². The van der Waals surface area contributed by atoms with Gasteiger partial charge in [-0.05, 0) is 63.9 Å². The molecule has 20 heavy (non-hydrogen) atoms. The number of nitrogens with zero attached hydrogens (tertiary/aromatic N) is 2. The number of hydrazine groups is 1. The second-order valence-electron chi connectivity index (χ2n) is 6.33. The highest BCUT2D eigenvalue weighted by Crippen LogP contribution is 2.25. The van der Waals surface area contributed by atoms with E-state index in [2.05, 4.69) is 41.3 Å². The quantitative estimate of drug-likeness (QED) is 0.639. The number of aromatic nitrogens is 1. The van der Waals surface area contributed by atoms with E-state index in [9.17, 15) is 0 Å². The van der Waals surface area contributed by atoms with E-state index < -0.39 is 0 Å². The summed E-state index contributed by atoms with van der Waals surface area (Å²) in [5, 5.41) is 0. The van der Waals surface area contributed by atoms with Gasteiger partial charge in [0, 0.05) is 24.0 Å². The highest BCUT2D eigenvalue weighted by molar-refractivity contribution is 5.13. The van der Waals surface area contributed by atoms with E-state index >= 15 is 0 Å². The number of hydrogen-bond acceptors (Lipinski definition) is 4. The number of pyridine rings is 1. The lowest BCUT2D eigenvalue weighted by Crippen LogP contribution is -2.60. The first-order valence-corrected chi connectivity index (χ1v) is 7.74. The molecule has 4 heteroatoms. The van der Waals surface area contributed by atoms with Crippen LogP contribution in [0.15, 0.2) is 24.5 Å². The lowest BCUT2D eigenvalue weighted by atomic mass is 9.88. The second-order valence-corrected chi connectivity index (χ2v) is 6.33. The molecule has 1 aliphatic rings. The third-order valence-electron chi connectivity index (χ3n) is 4.66. The third-order valence-corrected chi connectivity index (χ3v) is 4.66. The Morgan fingerprint density at radius 2 is 1.80 bits per heavy atom. The van der Waals surface area contributed by atoms with E-state index in [-0.39, 0.29) is 11.6 Å². The molecule has 4 nitrogen and oxygen atoms in total. The minimum atomic E-state index is 0.0579. The predicted octanol–water partition coefficient (Wildman–Crippen LogP) is 2.11. The van der Waals surface area contributed by atoms with Gasteiger partial charge in [0.15, 0.2) is 0 Å². The fraction of sp³-hybridized carbons (Fsp3) is 0.688. The van der Waals surface area contributed by atoms with Gasteiger partial charge in [-0.25, -0.2) is 0 Å². The van der Waals surface area contributed by atoms with Crippen molar-refractivity contribution in [3.8, 4) is 0 Å². The molecule has 1 unspecified atom stereocenters. The lowest BCUT2D eigenvalue weighted by molar-refractivity contribution is 0.0835. The summed E-state index contributed by atoms with van der Waals surface area (Å²) in [7, 11) is 0. The smallest absolute Gasteiger partial charge is 0.0429 e. The van der Waals surface area contributed by atoms with Gasteiger partial charge in [-0.15, -0.1) is 0 Å². The zero-order valence-corrected chi connectivity index (χ0v) is 12.8. The maximum atomic E-state index is 5.86. The molecule has 1 atom stereocenters. The molecular weight excluding hydrogens is 248 g/mol. The van der Waals surface area contributed by atoms with Crippen molar-refractivity contribution < 1.29 is 0 Å². The molecule has 0 spiro atoms. The van der Waals surface area contributed by atoms with Crippen LogP contribution in [-0.2, 0) is 6.42 Å². The van der Waals surface area contributed by atoms with E-state index in [0.29, 0.717) is 0 Å². The van der Waals surface area contributed by atoms with Gasteiger partial charge in [-0.2, -0.15) is 0 Å². The van der Waals surface area contributed by atoms with Crippen LogP contribution < -0.4 is 11.3 Å². The molecule has 0 aliphatic carbocycles. The highest BCUT2D eigenvalue weighted by atomic mass is 15.3. The van der Waals surface area contributed by atoms with Crippen molar-refractivity contribution in [3.63, 3.8) is 0 Å². The summed E-state index contributed by atoms with van der Waals surface area (Å²) in [6, 6.07) is 4.38. The summed E-state index contributed by atoms with van der Waals surface area (Å²) >= 11 is 0. The molecule has 1 aliphatic heterocycles. The van der Waals surface area contributed by atoms with E-state index in [1.165, 1.54) is 44.3 Å². The average molecular weight is 276 g/mol. The number of likely N-dealkylation sites (tertiary alicyclic amines) is 1. The van der Waals surface area contributed by atoms with Crippen LogP contribution in [0.5, 0.6) is 0 Å². The van der Waals surface area contributed by atoms with Gasteiger partial charge < -0.3 is 0 Å². The van der Waals surface area contributed by atoms with Crippen LogP contribution in [0.25, 0.3) is 0 Å². The number of rotatable bonds is 5. The Morgan fingerprint density at radius 1 is 1.20 bits per heavy atom. The van der Waals surface area contributed by atoms with Gasteiger partial charge in [0.25, 0.3) is 0 Å². The van der Waals surface area contributed by atoms with E-state index in [0.717, 1.165) is 6.42 Å². The normalized spacial score (nSPS) is 19.6. The minimum absolute atomic E-state index is 0.0579. The fourth-order valence-electron chi connectivity index (χ4n) is 3.13. The van der Waals surface area contributed by atoms with Crippen LogP contribution in [0.2, 0.25) is 0 Å². The molecule has 112 valence electrons. The van der Waals surface area contributed by atoms with Crippen LogP contribution in [0.3, 0.4) is 0 Å². The molecule has 2 heterocycles. The van der Waals surface area contributed by atoms with E-state index in [1.807, 2.05) is 12.4 Å². The Hall–Kier alpha value is -0.970. The molecule has 1 aromatic rings. The molecule has 1 aromatic heterocycles. The number of nitrogens with one attached hydrogen (secondary N) is 1.